The molecule has 2 aromatic heterocycles. The van der Waals surface area contributed by atoms with E-state index in [0.29, 0.717) is 11.5 Å². The van der Waals surface area contributed by atoms with Crippen LogP contribution < -0.4 is 14.2 Å². The van der Waals surface area contributed by atoms with Crippen molar-refractivity contribution in [3.8, 4) is 28.9 Å². The van der Waals surface area contributed by atoms with E-state index in [9.17, 15) is 8.42 Å². The van der Waals surface area contributed by atoms with Gasteiger partial charge in [-0.3, -0.25) is 4.72 Å². The average molecular weight is 524 g/mol. The molecule has 0 aliphatic carbocycles. The number of para-hydroxylation sites is 2. The first kappa shape index (κ1) is 25.1. The van der Waals surface area contributed by atoms with Crippen molar-refractivity contribution in [3.63, 3.8) is 0 Å². The van der Waals surface area contributed by atoms with Gasteiger partial charge >= 0.3 is 0 Å². The van der Waals surface area contributed by atoms with Crippen LogP contribution in [0.25, 0.3) is 17.7 Å². The van der Waals surface area contributed by atoms with Crippen molar-refractivity contribution < 1.29 is 17.9 Å². The number of anilines is 1. The third-order valence-corrected chi connectivity index (χ3v) is 6.29. The number of nitrogens with one attached hydrogen (secondary N) is 1. The van der Waals surface area contributed by atoms with E-state index in [-0.39, 0.29) is 28.4 Å². The molecule has 0 atom stereocenters. The molecular weight excluding hydrogens is 502 g/mol. The molecule has 1 N–H and O–H groups in total. The zero-order chi connectivity index (χ0) is 25.7. The van der Waals surface area contributed by atoms with Crippen molar-refractivity contribution in [2.24, 2.45) is 0 Å². The summed E-state index contributed by atoms with van der Waals surface area (Å²) < 4.78 is 39.8. The Bertz CT molecular complexity index is 1510. The van der Waals surface area contributed by atoms with Crippen LogP contribution in [0.3, 0.4) is 0 Å². The molecule has 2 aromatic carbocycles. The Labute approximate surface area is 213 Å². The third kappa shape index (κ3) is 5.78. The molecule has 4 aromatic rings. The van der Waals surface area contributed by atoms with Gasteiger partial charge in [-0.05, 0) is 54.8 Å². The van der Waals surface area contributed by atoms with E-state index in [1.165, 1.54) is 25.6 Å². The number of halogens is 1. The molecule has 0 aliphatic rings. The van der Waals surface area contributed by atoms with Gasteiger partial charge < -0.3 is 9.47 Å². The Morgan fingerprint density at radius 1 is 0.889 bits per heavy atom. The molecule has 0 unspecified atom stereocenters. The summed E-state index contributed by atoms with van der Waals surface area (Å²) >= 11 is 6.45. The van der Waals surface area contributed by atoms with Gasteiger partial charge in [0.05, 0.1) is 12.5 Å². The van der Waals surface area contributed by atoms with Crippen LogP contribution in [0.1, 0.15) is 16.7 Å². The molecule has 0 radical (unpaired) electrons. The van der Waals surface area contributed by atoms with Crippen LogP contribution in [-0.4, -0.2) is 35.5 Å². The number of hydrogen-bond acceptors (Lipinski definition) is 8. The van der Waals surface area contributed by atoms with Gasteiger partial charge in [0, 0.05) is 12.4 Å². The monoisotopic (exact) mass is 523 g/mol. The fourth-order valence-corrected chi connectivity index (χ4v) is 4.33. The van der Waals surface area contributed by atoms with Crippen LogP contribution in [0.15, 0.2) is 66.3 Å². The van der Waals surface area contributed by atoms with Crippen molar-refractivity contribution in [2.75, 3.05) is 11.8 Å². The summed E-state index contributed by atoms with van der Waals surface area (Å²) in [6.07, 6.45) is 4.55. The maximum Gasteiger partial charge on any atom is 0.256 e. The smallest absolute Gasteiger partial charge is 0.256 e. The van der Waals surface area contributed by atoms with Gasteiger partial charge in [-0.15, -0.1) is 0 Å². The highest BCUT2D eigenvalue weighted by Crippen LogP contribution is 2.39. The highest BCUT2D eigenvalue weighted by molar-refractivity contribution is 7.95. The van der Waals surface area contributed by atoms with Gasteiger partial charge in [-0.25, -0.2) is 28.4 Å². The lowest BCUT2D eigenvalue weighted by atomic mass is 10.0. The van der Waals surface area contributed by atoms with Crippen LogP contribution in [0, 0.1) is 13.8 Å². The number of ether oxygens (including phenoxy) is 2. The molecule has 0 fully saturated rings. The topological polar surface area (TPSA) is 116 Å². The van der Waals surface area contributed by atoms with E-state index in [4.69, 9.17) is 21.1 Å². The number of benzene rings is 2. The molecule has 0 amide bonds. The first-order chi connectivity index (χ1) is 17.3. The molecule has 36 heavy (non-hydrogen) atoms. The van der Waals surface area contributed by atoms with Gasteiger partial charge in [-0.2, -0.15) is 0 Å². The number of aryl methyl sites for hydroxylation is 2. The summed E-state index contributed by atoms with van der Waals surface area (Å²) in [5, 5.41) is 0.916. The molecule has 9 nitrogen and oxygen atoms in total. The van der Waals surface area contributed by atoms with Crippen molar-refractivity contribution in [1.82, 2.24) is 19.9 Å². The fraction of sp³-hybridized carbons (Fsp3) is 0.120. The second-order valence-corrected chi connectivity index (χ2v) is 9.52. The zero-order valence-electron chi connectivity index (χ0n) is 19.6. The van der Waals surface area contributed by atoms with E-state index in [1.54, 1.807) is 30.3 Å². The lowest BCUT2D eigenvalue weighted by molar-refractivity contribution is 0.378. The molecule has 0 bridgehead atoms. The number of aromatic nitrogens is 4. The number of nitrogens with zero attached hydrogens (tertiary/aromatic N) is 4. The largest absolute Gasteiger partial charge is 0.493 e. The first-order valence-electron chi connectivity index (χ1n) is 10.7. The molecule has 11 heteroatoms. The van der Waals surface area contributed by atoms with Crippen molar-refractivity contribution in [3.05, 3.63) is 88.2 Å². The zero-order valence-corrected chi connectivity index (χ0v) is 21.2. The molecule has 4 rings (SSSR count). The maximum absolute atomic E-state index is 13.1. The van der Waals surface area contributed by atoms with Crippen molar-refractivity contribution in [2.45, 2.75) is 13.8 Å². The molecule has 0 saturated heterocycles. The quantitative estimate of drug-likeness (QED) is 0.304. The van der Waals surface area contributed by atoms with E-state index in [2.05, 4.69) is 24.7 Å². The normalized spacial score (nSPS) is 11.4. The number of rotatable bonds is 8. The minimum absolute atomic E-state index is 0.0180. The predicted octanol–water partition coefficient (Wildman–Crippen LogP) is 5.42. The lowest BCUT2D eigenvalue weighted by Crippen LogP contribution is -2.13. The minimum Gasteiger partial charge on any atom is -0.493 e. The maximum atomic E-state index is 13.1. The predicted molar refractivity (Wildman–Crippen MR) is 139 cm³/mol. The Balaban J connectivity index is 1.77. The number of methoxy groups -OCH3 is 1. The van der Waals surface area contributed by atoms with Crippen molar-refractivity contribution >= 4 is 33.5 Å². The first-order valence-corrected chi connectivity index (χ1v) is 12.6. The molecule has 184 valence electrons. The van der Waals surface area contributed by atoms with E-state index < -0.39 is 10.0 Å². The second-order valence-electron chi connectivity index (χ2n) is 7.60. The van der Waals surface area contributed by atoms with Crippen LogP contribution in [-0.2, 0) is 10.0 Å². The molecule has 0 spiro atoms. The van der Waals surface area contributed by atoms with Gasteiger partial charge in [0.1, 0.15) is 0 Å². The van der Waals surface area contributed by atoms with Gasteiger partial charge in [0.25, 0.3) is 10.0 Å². The van der Waals surface area contributed by atoms with Crippen LogP contribution in [0.4, 0.5) is 5.82 Å². The summed E-state index contributed by atoms with van der Waals surface area (Å²) in [5.74, 6) is 0.590. The Morgan fingerprint density at radius 2 is 1.56 bits per heavy atom. The number of sulfonamides is 1. The third-order valence-electron chi connectivity index (χ3n) is 5.07. The summed E-state index contributed by atoms with van der Waals surface area (Å²) in [5.41, 5.74) is 2.68. The summed E-state index contributed by atoms with van der Waals surface area (Å²) in [6, 6.07) is 14.2. The molecule has 0 aliphatic heterocycles. The van der Waals surface area contributed by atoms with E-state index in [0.717, 1.165) is 22.1 Å². The molecular formula is C25H22ClN5O4S. The van der Waals surface area contributed by atoms with Crippen molar-refractivity contribution in [1.29, 1.82) is 0 Å². The van der Waals surface area contributed by atoms with E-state index >= 15 is 0 Å². The highest BCUT2D eigenvalue weighted by atomic mass is 35.5. The van der Waals surface area contributed by atoms with E-state index in [1.807, 2.05) is 32.0 Å². The van der Waals surface area contributed by atoms with Crippen LogP contribution >= 0.6 is 11.6 Å². The number of hydrogen-bond donors (Lipinski definition) is 1. The minimum atomic E-state index is -4.04. The Morgan fingerprint density at radius 3 is 2.22 bits per heavy atom. The van der Waals surface area contributed by atoms with Crippen LogP contribution in [0.2, 0.25) is 5.15 Å². The Kier molecular flexibility index (Phi) is 7.47. The fourth-order valence-electron chi connectivity index (χ4n) is 3.33. The SMILES string of the molecule is COc1ccccc1Oc1c(Cl)nc(-c2ncccn2)nc1NS(=O)(=O)/C=C/c1c(C)cccc1C. The van der Waals surface area contributed by atoms with Gasteiger partial charge in [0.15, 0.2) is 28.3 Å². The highest BCUT2D eigenvalue weighted by Gasteiger charge is 2.22. The summed E-state index contributed by atoms with van der Waals surface area (Å²) in [6.45, 7) is 3.81. The summed E-state index contributed by atoms with van der Waals surface area (Å²) in [4.78, 5) is 16.8. The van der Waals surface area contributed by atoms with Gasteiger partial charge in [-0.1, -0.05) is 41.9 Å². The lowest BCUT2D eigenvalue weighted by Gasteiger charge is -2.15. The second kappa shape index (κ2) is 10.7. The summed E-state index contributed by atoms with van der Waals surface area (Å²) in [7, 11) is -2.56. The van der Waals surface area contributed by atoms with Gasteiger partial charge in [0.2, 0.25) is 11.6 Å². The molecule has 0 saturated carbocycles. The standard InChI is InChI=1S/C25H22ClN5O4S/c1-16-8-6-9-17(2)18(16)12-15-36(32,33)31-23-21(35-20-11-5-4-10-19(20)34-3)22(26)29-25(30-23)24-27-13-7-14-28-24/h4-15H,1-3H3,(H,29,30,31)/b15-12+. The Hall–Kier alpha value is -4.02. The average Bonchev–Trinajstić information content (AvgIpc) is 2.86. The van der Waals surface area contributed by atoms with Crippen LogP contribution in [0.5, 0.6) is 17.2 Å². The molecule has 2 heterocycles.